The van der Waals surface area contributed by atoms with Gasteiger partial charge in [0.25, 0.3) is 0 Å². The van der Waals surface area contributed by atoms with Gasteiger partial charge in [-0.2, -0.15) is 13.2 Å². The number of halogens is 5. The molecule has 1 aromatic carbocycles. The molecule has 3 heterocycles. The average Bonchev–Trinajstić information content (AvgIpc) is 3.42. The molecule has 0 fully saturated rings. The molecule has 10 nitrogen and oxygen atoms in total. The maximum Gasteiger partial charge on any atom is 0.422 e. The van der Waals surface area contributed by atoms with E-state index in [9.17, 15) is 36.3 Å². The van der Waals surface area contributed by atoms with Gasteiger partial charge >= 0.3 is 17.6 Å². The summed E-state index contributed by atoms with van der Waals surface area (Å²) in [6, 6.07) is 1.52. The van der Waals surface area contributed by atoms with Gasteiger partial charge in [-0.3, -0.25) is 9.36 Å². The van der Waals surface area contributed by atoms with Gasteiger partial charge in [-0.25, -0.2) is 37.3 Å². The molecule has 0 aliphatic heterocycles. The van der Waals surface area contributed by atoms with E-state index in [2.05, 4.69) is 20.0 Å². The van der Waals surface area contributed by atoms with Crippen LogP contribution in [0.1, 0.15) is 5.69 Å². The number of amides is 1. The van der Waals surface area contributed by atoms with E-state index < -0.39 is 47.5 Å². The first-order valence-corrected chi connectivity index (χ1v) is 10.8. The molecule has 0 radical (unpaired) electrons. The van der Waals surface area contributed by atoms with E-state index in [0.717, 1.165) is 37.0 Å². The standard InChI is InChI=1S/C20H15F5N6O4S/c1-29-17-26-6-10(31(17)19(34)30(2)18(29)33)5-14(32)28-16-27-13(7-36-16)9-3-11(21)15(12(22)4-9)35-8-20(23,24)25/h3-4,6-7H,5,8H2,1-2H3,(H,27,28,32). The molecule has 3 aromatic heterocycles. The van der Waals surface area contributed by atoms with Crippen molar-refractivity contribution in [3.63, 3.8) is 0 Å². The third kappa shape index (κ3) is 4.84. The largest absolute Gasteiger partial charge is 0.478 e. The zero-order valence-electron chi connectivity index (χ0n) is 18.4. The number of fused-ring (bicyclic) bond motifs is 1. The molecule has 1 amide bonds. The van der Waals surface area contributed by atoms with Crippen molar-refractivity contribution >= 4 is 28.2 Å². The number of aromatic nitrogens is 5. The minimum Gasteiger partial charge on any atom is -0.478 e. The van der Waals surface area contributed by atoms with Gasteiger partial charge in [0.2, 0.25) is 11.7 Å². The lowest BCUT2D eigenvalue weighted by molar-refractivity contribution is -0.154. The number of carbonyl (C=O) groups is 1. The number of alkyl halides is 3. The monoisotopic (exact) mass is 530 g/mol. The Hall–Kier alpha value is -4.08. The van der Waals surface area contributed by atoms with Crippen molar-refractivity contribution < 1.29 is 31.5 Å². The highest BCUT2D eigenvalue weighted by Gasteiger charge is 2.30. The summed E-state index contributed by atoms with van der Waals surface area (Å²) in [5, 5.41) is 3.92. The SMILES string of the molecule is Cn1c(=O)n(C)c2ncc(CC(=O)Nc3nc(-c4cc(F)c(OCC(F)(F)F)c(F)c4)cs3)n2c1=O. The fraction of sp³-hybridized carbons (Fsp3) is 0.250. The number of nitrogens with one attached hydrogen (secondary N) is 1. The molecule has 4 rings (SSSR count). The minimum absolute atomic E-state index is 0.0501. The van der Waals surface area contributed by atoms with Crippen molar-refractivity contribution in [2.75, 3.05) is 11.9 Å². The van der Waals surface area contributed by atoms with Crippen molar-refractivity contribution in [3.8, 4) is 17.0 Å². The van der Waals surface area contributed by atoms with E-state index in [-0.39, 0.29) is 34.3 Å². The lowest BCUT2D eigenvalue weighted by Crippen LogP contribution is -2.41. The number of hydrogen-bond acceptors (Lipinski definition) is 7. The molecule has 0 bridgehead atoms. The maximum absolute atomic E-state index is 14.2. The Morgan fingerprint density at radius 2 is 1.78 bits per heavy atom. The number of nitrogens with zero attached hydrogens (tertiary/aromatic N) is 5. The summed E-state index contributed by atoms with van der Waals surface area (Å²) in [6.45, 7) is -1.86. The molecule has 0 saturated carbocycles. The summed E-state index contributed by atoms with van der Waals surface area (Å²) in [6.07, 6.45) is -3.80. The second-order valence-corrected chi connectivity index (χ2v) is 8.36. The molecule has 190 valence electrons. The normalized spacial score (nSPS) is 11.8. The van der Waals surface area contributed by atoms with Gasteiger partial charge in [-0.05, 0) is 12.1 Å². The van der Waals surface area contributed by atoms with Crippen molar-refractivity contribution in [1.29, 1.82) is 0 Å². The van der Waals surface area contributed by atoms with Crippen molar-refractivity contribution in [2.45, 2.75) is 12.6 Å². The number of thiazole rings is 1. The van der Waals surface area contributed by atoms with Gasteiger partial charge in [-0.15, -0.1) is 11.3 Å². The number of anilines is 1. The van der Waals surface area contributed by atoms with Crippen LogP contribution in [0.5, 0.6) is 5.75 Å². The van der Waals surface area contributed by atoms with Crippen LogP contribution in [-0.2, 0) is 25.3 Å². The first kappa shape index (κ1) is 25.0. The highest BCUT2D eigenvalue weighted by atomic mass is 32.1. The summed E-state index contributed by atoms with van der Waals surface area (Å²) in [5.41, 5.74) is -1.11. The van der Waals surface area contributed by atoms with Crippen molar-refractivity contribution in [2.24, 2.45) is 14.1 Å². The number of carbonyl (C=O) groups excluding carboxylic acids is 1. The number of hydrogen-bond donors (Lipinski definition) is 1. The Labute approximate surface area is 201 Å². The molecule has 36 heavy (non-hydrogen) atoms. The second-order valence-electron chi connectivity index (χ2n) is 7.50. The first-order chi connectivity index (χ1) is 16.9. The summed E-state index contributed by atoms with van der Waals surface area (Å²) < 4.78 is 72.5. The second kappa shape index (κ2) is 9.18. The van der Waals surface area contributed by atoms with E-state index in [1.165, 1.54) is 25.7 Å². The topological polar surface area (TPSA) is 113 Å². The van der Waals surface area contributed by atoms with E-state index in [0.29, 0.717) is 0 Å². The third-order valence-corrected chi connectivity index (χ3v) is 5.69. The predicted octanol–water partition coefficient (Wildman–Crippen LogP) is 2.26. The highest BCUT2D eigenvalue weighted by molar-refractivity contribution is 7.14. The Morgan fingerprint density at radius 1 is 1.11 bits per heavy atom. The Kier molecular flexibility index (Phi) is 6.38. The molecule has 16 heteroatoms. The van der Waals surface area contributed by atoms with Crippen LogP contribution < -0.4 is 21.4 Å². The van der Waals surface area contributed by atoms with Crippen molar-refractivity contribution in [3.05, 3.63) is 62.0 Å². The summed E-state index contributed by atoms with van der Waals surface area (Å²) >= 11 is 0.927. The fourth-order valence-corrected chi connectivity index (χ4v) is 4.02. The van der Waals surface area contributed by atoms with Crippen LogP contribution in [-0.4, -0.2) is 42.2 Å². The molecule has 0 spiro atoms. The van der Waals surface area contributed by atoms with Crippen LogP contribution in [0.3, 0.4) is 0 Å². The molecule has 1 N–H and O–H groups in total. The molecule has 0 aliphatic carbocycles. The van der Waals surface area contributed by atoms with Gasteiger partial charge in [0.05, 0.1) is 24.0 Å². The minimum atomic E-state index is -4.77. The average molecular weight is 530 g/mol. The van der Waals surface area contributed by atoms with E-state index in [1.54, 1.807) is 0 Å². The highest BCUT2D eigenvalue weighted by Crippen LogP contribution is 2.32. The number of benzene rings is 1. The molecular weight excluding hydrogens is 515 g/mol. The molecule has 0 aliphatic rings. The van der Waals surface area contributed by atoms with Gasteiger partial charge in [-0.1, -0.05) is 0 Å². The summed E-state index contributed by atoms with van der Waals surface area (Å²) in [4.78, 5) is 45.1. The molecule has 0 atom stereocenters. The van der Waals surface area contributed by atoms with Gasteiger partial charge in [0.15, 0.2) is 29.1 Å². The Balaban J connectivity index is 1.51. The van der Waals surface area contributed by atoms with E-state index >= 15 is 0 Å². The number of rotatable bonds is 6. The maximum atomic E-state index is 14.2. The van der Waals surface area contributed by atoms with Gasteiger partial charge in [0.1, 0.15) is 0 Å². The number of aryl methyl sites for hydroxylation is 1. The molecule has 4 aromatic rings. The van der Waals surface area contributed by atoms with Crippen LogP contribution in [0.4, 0.5) is 27.1 Å². The van der Waals surface area contributed by atoms with Crippen LogP contribution in [0, 0.1) is 11.6 Å². The van der Waals surface area contributed by atoms with Crippen LogP contribution >= 0.6 is 11.3 Å². The number of imidazole rings is 1. The zero-order valence-corrected chi connectivity index (χ0v) is 19.2. The fourth-order valence-electron chi connectivity index (χ4n) is 3.28. The molecule has 0 unspecified atom stereocenters. The zero-order chi connectivity index (χ0) is 26.4. The first-order valence-electron chi connectivity index (χ1n) is 9.92. The lowest BCUT2D eigenvalue weighted by atomic mass is 10.1. The van der Waals surface area contributed by atoms with Gasteiger partial charge < -0.3 is 10.1 Å². The van der Waals surface area contributed by atoms with Crippen LogP contribution in [0.15, 0.2) is 33.3 Å². The van der Waals surface area contributed by atoms with Crippen molar-refractivity contribution in [1.82, 2.24) is 23.5 Å². The summed E-state index contributed by atoms with van der Waals surface area (Å²) in [5.74, 6) is -4.42. The Bertz CT molecular complexity index is 1580. The van der Waals surface area contributed by atoms with Crippen LogP contribution in [0.25, 0.3) is 17.0 Å². The quantitative estimate of drug-likeness (QED) is 0.383. The lowest BCUT2D eigenvalue weighted by Gasteiger charge is -2.11. The Morgan fingerprint density at radius 3 is 2.42 bits per heavy atom. The molecular formula is C20H15F5N6O4S. The van der Waals surface area contributed by atoms with Crippen LogP contribution in [0.2, 0.25) is 0 Å². The predicted molar refractivity (Wildman–Crippen MR) is 117 cm³/mol. The molecule has 0 saturated heterocycles. The summed E-state index contributed by atoms with van der Waals surface area (Å²) in [7, 11) is 2.71. The smallest absolute Gasteiger partial charge is 0.422 e. The third-order valence-electron chi connectivity index (χ3n) is 4.93. The van der Waals surface area contributed by atoms with E-state index in [1.807, 2.05) is 0 Å². The number of ether oxygens (including phenoxy) is 1. The van der Waals surface area contributed by atoms with E-state index in [4.69, 9.17) is 0 Å². The van der Waals surface area contributed by atoms with Gasteiger partial charge in [0, 0.05) is 25.0 Å².